The molecule has 0 unspecified atom stereocenters. The largest absolute Gasteiger partial charge is 0.417 e. The highest BCUT2D eigenvalue weighted by Crippen LogP contribution is 2.26. The number of fused-ring (bicyclic) bond motifs is 1. The van der Waals surface area contributed by atoms with Crippen LogP contribution in [0.4, 0.5) is 16.2 Å². The van der Waals surface area contributed by atoms with Crippen LogP contribution in [0.1, 0.15) is 30.9 Å². The normalized spacial score (nSPS) is 12.7. The van der Waals surface area contributed by atoms with Gasteiger partial charge in [-0.2, -0.15) is 0 Å². The van der Waals surface area contributed by atoms with Crippen LogP contribution in [0.15, 0.2) is 42.5 Å². The molecular weight excluding hydrogens is 276 g/mol. The van der Waals surface area contributed by atoms with E-state index < -0.39 is 6.09 Å². The van der Waals surface area contributed by atoms with Crippen molar-refractivity contribution in [3.63, 3.8) is 0 Å². The zero-order chi connectivity index (χ0) is 15.5. The Labute approximate surface area is 130 Å². The number of nitrogens with one attached hydrogen (secondary N) is 2. The van der Waals surface area contributed by atoms with Crippen molar-refractivity contribution in [1.82, 2.24) is 0 Å². The zero-order valence-electron chi connectivity index (χ0n) is 12.8. The standard InChI is InChI=1S/C18H20N2O2/c1-12(2)13-3-5-15(6-4-13)20-18(21)22-16-7-8-17-14(11-16)9-10-19-17/h3-8,11-12,19H,9-10H2,1-2H3,(H,20,21). The minimum atomic E-state index is -0.469. The van der Waals surface area contributed by atoms with Gasteiger partial charge in [-0.15, -0.1) is 0 Å². The molecule has 0 saturated carbocycles. The molecule has 2 aromatic rings. The number of hydrogen-bond acceptors (Lipinski definition) is 3. The first-order valence-corrected chi connectivity index (χ1v) is 7.57. The zero-order valence-corrected chi connectivity index (χ0v) is 12.8. The van der Waals surface area contributed by atoms with Gasteiger partial charge in [0.25, 0.3) is 0 Å². The van der Waals surface area contributed by atoms with Crippen molar-refractivity contribution < 1.29 is 9.53 Å². The van der Waals surface area contributed by atoms with Crippen LogP contribution in [0.5, 0.6) is 5.75 Å². The summed E-state index contributed by atoms with van der Waals surface area (Å²) in [6.07, 6.45) is 0.494. The van der Waals surface area contributed by atoms with Gasteiger partial charge < -0.3 is 10.1 Å². The van der Waals surface area contributed by atoms with Gasteiger partial charge in [0.05, 0.1) is 0 Å². The highest BCUT2D eigenvalue weighted by atomic mass is 16.6. The van der Waals surface area contributed by atoms with Gasteiger partial charge in [0.1, 0.15) is 5.75 Å². The van der Waals surface area contributed by atoms with E-state index in [0.717, 1.165) is 24.3 Å². The van der Waals surface area contributed by atoms with Crippen LogP contribution in [-0.4, -0.2) is 12.6 Å². The quantitative estimate of drug-likeness (QED) is 0.883. The first-order valence-electron chi connectivity index (χ1n) is 7.57. The molecule has 0 radical (unpaired) electrons. The summed E-state index contributed by atoms with van der Waals surface area (Å²) in [6, 6.07) is 13.5. The molecule has 2 N–H and O–H groups in total. The molecule has 0 aromatic heterocycles. The van der Waals surface area contributed by atoms with Crippen molar-refractivity contribution in [3.05, 3.63) is 53.6 Å². The van der Waals surface area contributed by atoms with Crippen molar-refractivity contribution in [1.29, 1.82) is 0 Å². The minimum absolute atomic E-state index is 0.469. The Bertz CT molecular complexity index is 678. The average molecular weight is 296 g/mol. The van der Waals surface area contributed by atoms with Gasteiger partial charge in [0.2, 0.25) is 0 Å². The monoisotopic (exact) mass is 296 g/mol. The number of ether oxygens (including phenoxy) is 1. The number of hydrogen-bond donors (Lipinski definition) is 2. The van der Waals surface area contributed by atoms with Gasteiger partial charge in [-0.25, -0.2) is 4.79 Å². The fraction of sp³-hybridized carbons (Fsp3) is 0.278. The first-order chi connectivity index (χ1) is 10.6. The summed E-state index contributed by atoms with van der Waals surface area (Å²) >= 11 is 0. The number of carbonyl (C=O) groups excluding carboxylic acids is 1. The van der Waals surface area contributed by atoms with Crippen LogP contribution in [0.3, 0.4) is 0 Å². The van der Waals surface area contributed by atoms with Crippen molar-refractivity contribution in [3.8, 4) is 5.75 Å². The SMILES string of the molecule is CC(C)c1ccc(NC(=O)Oc2ccc3c(c2)CCN3)cc1. The van der Waals surface area contributed by atoms with E-state index in [2.05, 4.69) is 24.5 Å². The first kappa shape index (κ1) is 14.4. The molecule has 4 heteroatoms. The topological polar surface area (TPSA) is 50.4 Å². The van der Waals surface area contributed by atoms with E-state index in [9.17, 15) is 4.79 Å². The molecule has 0 bridgehead atoms. The fourth-order valence-corrected chi connectivity index (χ4v) is 2.55. The van der Waals surface area contributed by atoms with E-state index in [0.29, 0.717) is 11.7 Å². The lowest BCUT2D eigenvalue weighted by Gasteiger charge is -2.09. The summed E-state index contributed by atoms with van der Waals surface area (Å²) in [4.78, 5) is 12.0. The Morgan fingerprint density at radius 1 is 1.18 bits per heavy atom. The third kappa shape index (κ3) is 3.22. The molecule has 1 aliphatic heterocycles. The summed E-state index contributed by atoms with van der Waals surface area (Å²) in [5.41, 5.74) is 4.28. The molecule has 0 fully saturated rings. The molecule has 1 heterocycles. The molecule has 4 nitrogen and oxygen atoms in total. The van der Waals surface area contributed by atoms with Crippen LogP contribution in [0, 0.1) is 0 Å². The molecule has 0 spiro atoms. The van der Waals surface area contributed by atoms with Crippen LogP contribution in [-0.2, 0) is 6.42 Å². The maximum Gasteiger partial charge on any atom is 0.417 e. The maximum absolute atomic E-state index is 12.0. The van der Waals surface area contributed by atoms with E-state index in [1.807, 2.05) is 36.4 Å². The van der Waals surface area contributed by atoms with E-state index in [4.69, 9.17) is 4.74 Å². The Hall–Kier alpha value is -2.49. The van der Waals surface area contributed by atoms with Gasteiger partial charge in [0.15, 0.2) is 0 Å². The molecule has 1 amide bonds. The maximum atomic E-state index is 12.0. The van der Waals surface area contributed by atoms with Gasteiger partial charge in [0, 0.05) is 17.9 Å². The summed E-state index contributed by atoms with van der Waals surface area (Å²) < 4.78 is 5.34. The minimum Gasteiger partial charge on any atom is -0.410 e. The lowest BCUT2D eigenvalue weighted by molar-refractivity contribution is 0.215. The highest BCUT2D eigenvalue weighted by molar-refractivity contribution is 5.86. The molecule has 22 heavy (non-hydrogen) atoms. The second-order valence-electron chi connectivity index (χ2n) is 5.79. The summed E-state index contributed by atoms with van der Waals surface area (Å²) in [7, 11) is 0. The summed E-state index contributed by atoms with van der Waals surface area (Å²) in [5.74, 6) is 1.04. The molecule has 1 aliphatic rings. The van der Waals surface area contributed by atoms with Crippen LogP contribution >= 0.6 is 0 Å². The van der Waals surface area contributed by atoms with E-state index in [1.54, 1.807) is 6.07 Å². The Morgan fingerprint density at radius 2 is 1.95 bits per heavy atom. The number of rotatable bonds is 3. The van der Waals surface area contributed by atoms with Gasteiger partial charge >= 0.3 is 6.09 Å². The smallest absolute Gasteiger partial charge is 0.410 e. The summed E-state index contributed by atoms with van der Waals surface area (Å²) in [5, 5.41) is 6.03. The Kier molecular flexibility index (Phi) is 4.00. The van der Waals surface area contributed by atoms with Crippen molar-refractivity contribution >= 4 is 17.5 Å². The number of carbonyl (C=O) groups is 1. The summed E-state index contributed by atoms with van der Waals surface area (Å²) in [6.45, 7) is 5.21. The third-order valence-electron chi connectivity index (χ3n) is 3.82. The third-order valence-corrected chi connectivity index (χ3v) is 3.82. The van der Waals surface area contributed by atoms with Crippen molar-refractivity contribution in [2.24, 2.45) is 0 Å². The van der Waals surface area contributed by atoms with E-state index in [1.165, 1.54) is 11.1 Å². The Balaban J connectivity index is 1.62. The van der Waals surface area contributed by atoms with Crippen molar-refractivity contribution in [2.75, 3.05) is 17.2 Å². The predicted octanol–water partition coefficient (Wildman–Crippen LogP) is 4.39. The predicted molar refractivity (Wildman–Crippen MR) is 88.8 cm³/mol. The molecule has 114 valence electrons. The number of amides is 1. The molecule has 3 rings (SSSR count). The van der Waals surface area contributed by atoms with Gasteiger partial charge in [-0.3, -0.25) is 5.32 Å². The lowest BCUT2D eigenvalue weighted by atomic mass is 10.0. The van der Waals surface area contributed by atoms with Gasteiger partial charge in [-0.1, -0.05) is 26.0 Å². The van der Waals surface area contributed by atoms with Crippen molar-refractivity contribution in [2.45, 2.75) is 26.2 Å². The van der Waals surface area contributed by atoms with E-state index >= 15 is 0 Å². The number of benzene rings is 2. The van der Waals surface area contributed by atoms with Gasteiger partial charge in [-0.05, 0) is 53.8 Å². The van der Waals surface area contributed by atoms with Crippen LogP contribution in [0.25, 0.3) is 0 Å². The molecule has 0 aliphatic carbocycles. The average Bonchev–Trinajstić information content (AvgIpc) is 2.95. The second-order valence-corrected chi connectivity index (χ2v) is 5.79. The molecule has 2 aromatic carbocycles. The van der Waals surface area contributed by atoms with Crippen LogP contribution < -0.4 is 15.4 Å². The molecule has 0 atom stereocenters. The number of anilines is 2. The fourth-order valence-electron chi connectivity index (χ4n) is 2.55. The molecular formula is C18H20N2O2. The second kappa shape index (κ2) is 6.10. The van der Waals surface area contributed by atoms with Crippen LogP contribution in [0.2, 0.25) is 0 Å². The highest BCUT2D eigenvalue weighted by Gasteiger charge is 2.12. The Morgan fingerprint density at radius 3 is 2.68 bits per heavy atom. The van der Waals surface area contributed by atoms with E-state index in [-0.39, 0.29) is 0 Å². The lowest BCUT2D eigenvalue weighted by Crippen LogP contribution is -2.16. The molecule has 0 saturated heterocycles.